The van der Waals surface area contributed by atoms with Crippen molar-refractivity contribution in [3.8, 4) is 0 Å². The van der Waals surface area contributed by atoms with Crippen molar-refractivity contribution in [3.63, 3.8) is 0 Å². The molecule has 0 aliphatic heterocycles. The Morgan fingerprint density at radius 1 is 1.54 bits per heavy atom. The van der Waals surface area contributed by atoms with Gasteiger partial charge in [-0.1, -0.05) is 17.7 Å². The molecule has 2 nitrogen and oxygen atoms in total. The number of pyridine rings is 1. The third-order valence-corrected chi connectivity index (χ3v) is 2.69. The van der Waals surface area contributed by atoms with Gasteiger partial charge < -0.3 is 0 Å². The Balaban J connectivity index is 2.30. The van der Waals surface area contributed by atoms with Crippen molar-refractivity contribution >= 4 is 17.8 Å². The number of nitrogens with zero attached hydrogens (tertiary/aromatic N) is 2. The minimum absolute atomic E-state index is 0.173. The zero-order valence-corrected chi connectivity index (χ0v) is 8.25. The van der Waals surface area contributed by atoms with Crippen molar-refractivity contribution in [2.45, 2.75) is 18.3 Å². The molecule has 1 heterocycles. The number of halogens is 1. The molecule has 0 spiro atoms. The van der Waals surface area contributed by atoms with Crippen LogP contribution in [-0.2, 0) is 5.41 Å². The van der Waals surface area contributed by atoms with Crippen LogP contribution in [0.1, 0.15) is 18.4 Å². The van der Waals surface area contributed by atoms with Gasteiger partial charge in [-0.25, -0.2) is 4.98 Å². The molecule has 0 bridgehead atoms. The fraction of sp³-hybridized carbons (Fsp3) is 0.400. The minimum Gasteiger partial charge on any atom is -0.300 e. The fourth-order valence-corrected chi connectivity index (χ4v) is 1.66. The zero-order valence-electron chi connectivity index (χ0n) is 7.50. The van der Waals surface area contributed by atoms with Crippen molar-refractivity contribution in [3.05, 3.63) is 29.0 Å². The standard InChI is InChI=1S/C10H11ClN2/c1-12-7-10(4-5-10)8-2-3-9(11)13-6-8/h2-3,6-7H,4-5H2,1H3. The number of rotatable bonds is 2. The molecule has 0 aromatic carbocycles. The molecule has 1 aromatic heterocycles. The van der Waals surface area contributed by atoms with Crippen LogP contribution in [0.5, 0.6) is 0 Å². The van der Waals surface area contributed by atoms with E-state index < -0.39 is 0 Å². The Morgan fingerprint density at radius 3 is 2.77 bits per heavy atom. The van der Waals surface area contributed by atoms with Gasteiger partial charge in [0, 0.05) is 24.9 Å². The molecule has 0 N–H and O–H groups in total. The van der Waals surface area contributed by atoms with Crippen LogP contribution in [0.25, 0.3) is 0 Å². The molecule has 3 heteroatoms. The van der Waals surface area contributed by atoms with Gasteiger partial charge in [-0.15, -0.1) is 0 Å². The Bertz CT molecular complexity index is 325. The first-order chi connectivity index (χ1) is 6.27. The van der Waals surface area contributed by atoms with E-state index in [0.29, 0.717) is 5.15 Å². The summed E-state index contributed by atoms with van der Waals surface area (Å²) in [6.07, 6.45) is 6.20. The molecule has 2 rings (SSSR count). The molecule has 68 valence electrons. The minimum atomic E-state index is 0.173. The molecular weight excluding hydrogens is 184 g/mol. The summed E-state index contributed by atoms with van der Waals surface area (Å²) in [7, 11) is 1.81. The lowest BCUT2D eigenvalue weighted by Gasteiger charge is -2.07. The first kappa shape index (κ1) is 8.70. The van der Waals surface area contributed by atoms with E-state index in [4.69, 9.17) is 11.6 Å². The monoisotopic (exact) mass is 194 g/mol. The number of hydrogen-bond donors (Lipinski definition) is 0. The summed E-state index contributed by atoms with van der Waals surface area (Å²) >= 11 is 5.71. The normalized spacial score (nSPS) is 19.2. The summed E-state index contributed by atoms with van der Waals surface area (Å²) in [5.74, 6) is 0. The van der Waals surface area contributed by atoms with Gasteiger partial charge in [0.2, 0.25) is 0 Å². The Kier molecular flexibility index (Phi) is 2.08. The molecule has 0 atom stereocenters. The summed E-state index contributed by atoms with van der Waals surface area (Å²) in [5, 5.41) is 0.549. The average Bonchev–Trinajstić information content (AvgIpc) is 2.87. The molecule has 1 aliphatic rings. The maximum Gasteiger partial charge on any atom is 0.129 e. The van der Waals surface area contributed by atoms with Gasteiger partial charge in [-0.05, 0) is 24.5 Å². The highest BCUT2D eigenvalue weighted by atomic mass is 35.5. The van der Waals surface area contributed by atoms with E-state index in [-0.39, 0.29) is 5.41 Å². The molecule has 1 saturated carbocycles. The lowest BCUT2D eigenvalue weighted by molar-refractivity contribution is 0.953. The largest absolute Gasteiger partial charge is 0.300 e. The van der Waals surface area contributed by atoms with Crippen LogP contribution >= 0.6 is 11.6 Å². The highest BCUT2D eigenvalue weighted by molar-refractivity contribution is 6.29. The van der Waals surface area contributed by atoms with Crippen LogP contribution in [0.4, 0.5) is 0 Å². The van der Waals surface area contributed by atoms with Crippen LogP contribution in [-0.4, -0.2) is 18.2 Å². The highest BCUT2D eigenvalue weighted by Crippen LogP contribution is 2.46. The van der Waals surface area contributed by atoms with Crippen LogP contribution in [0, 0.1) is 0 Å². The van der Waals surface area contributed by atoms with Gasteiger partial charge in [0.25, 0.3) is 0 Å². The third kappa shape index (κ3) is 1.59. The summed E-state index contributed by atoms with van der Waals surface area (Å²) in [6, 6.07) is 3.87. The molecule has 0 radical (unpaired) electrons. The summed E-state index contributed by atoms with van der Waals surface area (Å²) < 4.78 is 0. The van der Waals surface area contributed by atoms with E-state index in [1.54, 1.807) is 0 Å². The zero-order chi connectivity index (χ0) is 9.31. The maximum atomic E-state index is 5.71. The molecule has 0 saturated heterocycles. The van der Waals surface area contributed by atoms with E-state index in [1.807, 2.05) is 31.6 Å². The van der Waals surface area contributed by atoms with Crippen LogP contribution < -0.4 is 0 Å². The van der Waals surface area contributed by atoms with Gasteiger partial charge in [0.05, 0.1) is 0 Å². The number of aromatic nitrogens is 1. The van der Waals surface area contributed by atoms with Crippen molar-refractivity contribution < 1.29 is 0 Å². The maximum absolute atomic E-state index is 5.71. The van der Waals surface area contributed by atoms with Gasteiger partial charge >= 0.3 is 0 Å². The van der Waals surface area contributed by atoms with Crippen molar-refractivity contribution in [2.75, 3.05) is 7.05 Å². The predicted molar refractivity (Wildman–Crippen MR) is 54.6 cm³/mol. The second-order valence-electron chi connectivity index (χ2n) is 3.41. The lowest BCUT2D eigenvalue weighted by Crippen LogP contribution is -2.08. The number of hydrogen-bond acceptors (Lipinski definition) is 2. The Hall–Kier alpha value is -0.890. The van der Waals surface area contributed by atoms with Gasteiger partial charge in [0.1, 0.15) is 5.15 Å². The SMILES string of the molecule is CN=CC1(c2ccc(Cl)nc2)CC1. The predicted octanol–water partition coefficient (Wildman–Crippen LogP) is 2.47. The molecule has 1 aliphatic carbocycles. The summed E-state index contributed by atoms with van der Waals surface area (Å²) in [6.45, 7) is 0. The van der Waals surface area contributed by atoms with Crippen molar-refractivity contribution in [1.29, 1.82) is 0 Å². The molecule has 0 unspecified atom stereocenters. The first-order valence-electron chi connectivity index (χ1n) is 4.32. The first-order valence-corrected chi connectivity index (χ1v) is 4.70. The smallest absolute Gasteiger partial charge is 0.129 e. The van der Waals surface area contributed by atoms with E-state index >= 15 is 0 Å². The van der Waals surface area contributed by atoms with Crippen molar-refractivity contribution in [1.82, 2.24) is 4.98 Å². The lowest BCUT2D eigenvalue weighted by atomic mass is 10.00. The third-order valence-electron chi connectivity index (χ3n) is 2.47. The van der Waals surface area contributed by atoms with E-state index in [0.717, 1.165) is 0 Å². The summed E-state index contributed by atoms with van der Waals surface area (Å²) in [5.41, 5.74) is 1.40. The van der Waals surface area contributed by atoms with Crippen molar-refractivity contribution in [2.24, 2.45) is 4.99 Å². The molecule has 0 amide bonds. The Labute approximate surface area is 82.7 Å². The van der Waals surface area contributed by atoms with E-state index in [1.165, 1.54) is 18.4 Å². The van der Waals surface area contributed by atoms with Gasteiger partial charge in [-0.3, -0.25) is 4.99 Å². The topological polar surface area (TPSA) is 25.2 Å². The molecule has 1 fully saturated rings. The summed E-state index contributed by atoms with van der Waals surface area (Å²) in [4.78, 5) is 8.15. The second-order valence-corrected chi connectivity index (χ2v) is 3.80. The van der Waals surface area contributed by atoms with E-state index in [2.05, 4.69) is 9.98 Å². The molecular formula is C10H11ClN2. The number of aliphatic imine (C=N–C) groups is 1. The molecule has 1 aromatic rings. The van der Waals surface area contributed by atoms with Crippen LogP contribution in [0.3, 0.4) is 0 Å². The van der Waals surface area contributed by atoms with Gasteiger partial charge in [0.15, 0.2) is 0 Å². The average molecular weight is 195 g/mol. The molecule has 13 heavy (non-hydrogen) atoms. The highest BCUT2D eigenvalue weighted by Gasteiger charge is 2.42. The quantitative estimate of drug-likeness (QED) is 0.525. The second kappa shape index (κ2) is 3.11. The van der Waals surface area contributed by atoms with Gasteiger partial charge in [-0.2, -0.15) is 0 Å². The fourth-order valence-electron chi connectivity index (χ4n) is 1.54. The van der Waals surface area contributed by atoms with E-state index in [9.17, 15) is 0 Å². The van der Waals surface area contributed by atoms with Crippen LogP contribution in [0.2, 0.25) is 5.15 Å². The Morgan fingerprint density at radius 2 is 2.31 bits per heavy atom. The van der Waals surface area contributed by atoms with Crippen LogP contribution in [0.15, 0.2) is 23.3 Å².